The number of hydrogen-bond acceptors (Lipinski definition) is 4. The lowest BCUT2D eigenvalue weighted by Crippen LogP contribution is -2.36. The van der Waals surface area contributed by atoms with E-state index < -0.39 is 0 Å². The van der Waals surface area contributed by atoms with Gasteiger partial charge in [-0.3, -0.25) is 0 Å². The van der Waals surface area contributed by atoms with Crippen molar-refractivity contribution in [2.24, 2.45) is 0 Å². The Hall–Kier alpha value is -1.29. The number of anilines is 2. The molecule has 18 heavy (non-hydrogen) atoms. The van der Waals surface area contributed by atoms with E-state index in [1.165, 1.54) is 25.9 Å². The average Bonchev–Trinajstić information content (AvgIpc) is 2.40. The van der Waals surface area contributed by atoms with Crippen molar-refractivity contribution in [1.82, 2.24) is 9.88 Å². The highest BCUT2D eigenvalue weighted by Gasteiger charge is 2.16. The Bertz CT molecular complexity index is 359. The van der Waals surface area contributed by atoms with Crippen LogP contribution in [0, 0.1) is 0 Å². The predicted molar refractivity (Wildman–Crippen MR) is 77.2 cm³/mol. The standard InChI is InChI=1S/C14H24N4/c1-3-9-15-13-5-4-6-14(17-13)16-12-7-10-18(2)11-8-12/h4-6,12H,3,7-11H2,1-2H3,(H2,15,16,17). The predicted octanol–water partition coefficient (Wildman–Crippen LogP) is 2.41. The van der Waals surface area contributed by atoms with E-state index in [0.717, 1.165) is 24.6 Å². The Balaban J connectivity index is 1.88. The van der Waals surface area contributed by atoms with Gasteiger partial charge in [0.05, 0.1) is 0 Å². The maximum absolute atomic E-state index is 4.59. The topological polar surface area (TPSA) is 40.2 Å². The number of pyridine rings is 1. The van der Waals surface area contributed by atoms with Crippen molar-refractivity contribution in [3.8, 4) is 0 Å². The first-order valence-electron chi connectivity index (χ1n) is 6.94. The summed E-state index contributed by atoms with van der Waals surface area (Å²) in [7, 11) is 2.18. The van der Waals surface area contributed by atoms with Crippen LogP contribution in [0.5, 0.6) is 0 Å². The van der Waals surface area contributed by atoms with Gasteiger partial charge in [0.2, 0.25) is 0 Å². The van der Waals surface area contributed by atoms with Gasteiger partial charge in [0.25, 0.3) is 0 Å². The second-order valence-electron chi connectivity index (χ2n) is 5.06. The van der Waals surface area contributed by atoms with Gasteiger partial charge in [0.15, 0.2) is 0 Å². The van der Waals surface area contributed by atoms with Crippen molar-refractivity contribution < 1.29 is 0 Å². The molecule has 0 bridgehead atoms. The van der Waals surface area contributed by atoms with Gasteiger partial charge in [-0.1, -0.05) is 13.0 Å². The third-order valence-electron chi connectivity index (χ3n) is 3.38. The van der Waals surface area contributed by atoms with Crippen LogP contribution in [0.2, 0.25) is 0 Å². The molecule has 100 valence electrons. The second-order valence-corrected chi connectivity index (χ2v) is 5.06. The van der Waals surface area contributed by atoms with Crippen LogP contribution in [0.15, 0.2) is 18.2 Å². The van der Waals surface area contributed by atoms with Gasteiger partial charge in [-0.15, -0.1) is 0 Å². The van der Waals surface area contributed by atoms with Gasteiger partial charge in [-0.05, 0) is 51.5 Å². The minimum Gasteiger partial charge on any atom is -0.370 e. The maximum atomic E-state index is 4.59. The van der Waals surface area contributed by atoms with Crippen LogP contribution in [0.4, 0.5) is 11.6 Å². The maximum Gasteiger partial charge on any atom is 0.128 e. The number of aromatic nitrogens is 1. The summed E-state index contributed by atoms with van der Waals surface area (Å²) >= 11 is 0. The van der Waals surface area contributed by atoms with E-state index in [9.17, 15) is 0 Å². The molecule has 0 aliphatic carbocycles. The number of rotatable bonds is 5. The summed E-state index contributed by atoms with van der Waals surface area (Å²) in [6.07, 6.45) is 3.52. The van der Waals surface area contributed by atoms with Crippen molar-refractivity contribution in [1.29, 1.82) is 0 Å². The fourth-order valence-corrected chi connectivity index (χ4v) is 2.23. The molecule has 0 radical (unpaired) electrons. The Kier molecular flexibility index (Phi) is 4.81. The fourth-order valence-electron chi connectivity index (χ4n) is 2.23. The molecule has 1 fully saturated rings. The van der Waals surface area contributed by atoms with E-state index in [2.05, 4.69) is 46.6 Å². The molecule has 4 nitrogen and oxygen atoms in total. The molecule has 1 aliphatic heterocycles. The smallest absolute Gasteiger partial charge is 0.128 e. The van der Waals surface area contributed by atoms with E-state index in [1.807, 2.05) is 6.07 Å². The van der Waals surface area contributed by atoms with Crippen LogP contribution < -0.4 is 10.6 Å². The normalized spacial score (nSPS) is 17.7. The first kappa shape index (κ1) is 13.1. The van der Waals surface area contributed by atoms with E-state index >= 15 is 0 Å². The van der Waals surface area contributed by atoms with Gasteiger partial charge in [0, 0.05) is 12.6 Å². The molecular weight excluding hydrogens is 224 g/mol. The third kappa shape index (κ3) is 3.88. The van der Waals surface area contributed by atoms with E-state index in [1.54, 1.807) is 0 Å². The highest BCUT2D eigenvalue weighted by atomic mass is 15.1. The van der Waals surface area contributed by atoms with Crippen molar-refractivity contribution >= 4 is 11.6 Å². The molecule has 2 N–H and O–H groups in total. The number of piperidine rings is 1. The molecular formula is C14H24N4. The summed E-state index contributed by atoms with van der Waals surface area (Å²) in [4.78, 5) is 6.97. The quantitative estimate of drug-likeness (QED) is 0.839. The number of likely N-dealkylation sites (tertiary alicyclic amines) is 1. The van der Waals surface area contributed by atoms with Crippen LogP contribution in [-0.4, -0.2) is 42.6 Å². The fraction of sp³-hybridized carbons (Fsp3) is 0.643. The lowest BCUT2D eigenvalue weighted by Gasteiger charge is -2.29. The zero-order valence-electron chi connectivity index (χ0n) is 11.4. The number of hydrogen-bond donors (Lipinski definition) is 2. The minimum atomic E-state index is 0.565. The lowest BCUT2D eigenvalue weighted by atomic mass is 10.1. The first-order chi connectivity index (χ1) is 8.78. The molecule has 2 heterocycles. The largest absolute Gasteiger partial charge is 0.370 e. The molecule has 0 atom stereocenters. The molecule has 1 aromatic rings. The number of nitrogens with zero attached hydrogens (tertiary/aromatic N) is 2. The highest BCUT2D eigenvalue weighted by molar-refractivity contribution is 5.45. The van der Waals surface area contributed by atoms with Gasteiger partial charge < -0.3 is 15.5 Å². The summed E-state index contributed by atoms with van der Waals surface area (Å²) in [6, 6.07) is 6.70. The monoisotopic (exact) mass is 248 g/mol. The first-order valence-corrected chi connectivity index (χ1v) is 6.94. The molecule has 4 heteroatoms. The SMILES string of the molecule is CCCNc1cccc(NC2CCN(C)CC2)n1. The molecule has 0 spiro atoms. The van der Waals surface area contributed by atoms with Gasteiger partial charge in [-0.2, -0.15) is 0 Å². The molecule has 0 aromatic carbocycles. The molecule has 1 aromatic heterocycles. The lowest BCUT2D eigenvalue weighted by molar-refractivity contribution is 0.263. The summed E-state index contributed by atoms with van der Waals surface area (Å²) in [6.45, 7) is 5.48. The molecule has 0 amide bonds. The van der Waals surface area contributed by atoms with Crippen LogP contribution in [0.3, 0.4) is 0 Å². The van der Waals surface area contributed by atoms with Crippen molar-refractivity contribution in [2.45, 2.75) is 32.2 Å². The van der Waals surface area contributed by atoms with Crippen LogP contribution in [0.1, 0.15) is 26.2 Å². The van der Waals surface area contributed by atoms with E-state index in [0.29, 0.717) is 6.04 Å². The van der Waals surface area contributed by atoms with Gasteiger partial charge >= 0.3 is 0 Å². The van der Waals surface area contributed by atoms with Crippen molar-refractivity contribution in [3.63, 3.8) is 0 Å². The minimum absolute atomic E-state index is 0.565. The number of nitrogens with one attached hydrogen (secondary N) is 2. The zero-order valence-corrected chi connectivity index (χ0v) is 11.4. The van der Waals surface area contributed by atoms with Crippen LogP contribution in [-0.2, 0) is 0 Å². The average molecular weight is 248 g/mol. The summed E-state index contributed by atoms with van der Waals surface area (Å²) in [5, 5.41) is 6.86. The van der Waals surface area contributed by atoms with Crippen molar-refractivity contribution in [2.75, 3.05) is 37.3 Å². The summed E-state index contributed by atoms with van der Waals surface area (Å²) in [5.41, 5.74) is 0. The Labute approximate surface area is 110 Å². The van der Waals surface area contributed by atoms with Crippen LogP contribution in [0.25, 0.3) is 0 Å². The summed E-state index contributed by atoms with van der Waals surface area (Å²) in [5.74, 6) is 1.96. The molecule has 2 rings (SSSR count). The molecule has 1 saturated heterocycles. The van der Waals surface area contributed by atoms with Crippen LogP contribution >= 0.6 is 0 Å². The second kappa shape index (κ2) is 6.59. The third-order valence-corrected chi connectivity index (χ3v) is 3.38. The van der Waals surface area contributed by atoms with Gasteiger partial charge in [-0.25, -0.2) is 4.98 Å². The molecule has 1 aliphatic rings. The molecule has 0 unspecified atom stereocenters. The van der Waals surface area contributed by atoms with Crippen molar-refractivity contribution in [3.05, 3.63) is 18.2 Å². The Morgan fingerprint density at radius 1 is 1.28 bits per heavy atom. The van der Waals surface area contributed by atoms with E-state index in [-0.39, 0.29) is 0 Å². The zero-order chi connectivity index (χ0) is 12.8. The Morgan fingerprint density at radius 2 is 2.00 bits per heavy atom. The van der Waals surface area contributed by atoms with E-state index in [4.69, 9.17) is 0 Å². The molecule has 0 saturated carbocycles. The Morgan fingerprint density at radius 3 is 2.72 bits per heavy atom. The van der Waals surface area contributed by atoms with Gasteiger partial charge in [0.1, 0.15) is 11.6 Å². The summed E-state index contributed by atoms with van der Waals surface area (Å²) < 4.78 is 0. The highest BCUT2D eigenvalue weighted by Crippen LogP contribution is 2.15.